The van der Waals surface area contributed by atoms with Crippen LogP contribution in [0.3, 0.4) is 0 Å². The summed E-state index contributed by atoms with van der Waals surface area (Å²) < 4.78 is 20.4. The van der Waals surface area contributed by atoms with E-state index in [0.29, 0.717) is 0 Å². The maximum atomic E-state index is 12.4. The zero-order valence-electron chi connectivity index (χ0n) is 10.2. The Morgan fingerprint density at radius 1 is 1.05 bits per heavy atom. The maximum absolute atomic E-state index is 12.4. The fourth-order valence-corrected chi connectivity index (χ4v) is 3.82. The molecule has 0 spiro atoms. The molecule has 2 aromatic rings. The van der Waals surface area contributed by atoms with Crippen molar-refractivity contribution in [3.8, 4) is 0 Å². The first kappa shape index (κ1) is 16.5. The molecule has 21 heavy (non-hydrogen) atoms. The van der Waals surface area contributed by atoms with Crippen molar-refractivity contribution in [1.29, 1.82) is 4.78 Å². The van der Waals surface area contributed by atoms with Crippen molar-refractivity contribution in [1.82, 2.24) is 9.97 Å². The average molecular weight is 383 g/mol. The van der Waals surface area contributed by atoms with Gasteiger partial charge in [-0.3, -0.25) is 0 Å². The Balaban J connectivity index is 2.45. The molecule has 9 heteroatoms. The summed E-state index contributed by atoms with van der Waals surface area (Å²) >= 11 is 23.3. The molecule has 1 atom stereocenters. The molecule has 0 radical (unpaired) electrons. The third-order valence-electron chi connectivity index (χ3n) is 2.42. The molecule has 1 unspecified atom stereocenters. The number of aromatic nitrogens is 2. The van der Waals surface area contributed by atoms with E-state index in [0.717, 1.165) is 5.41 Å². The molecule has 1 heterocycles. The van der Waals surface area contributed by atoms with Crippen LogP contribution in [0.1, 0.15) is 5.56 Å². The Morgan fingerprint density at radius 3 is 2.19 bits per heavy atom. The Morgan fingerprint density at radius 2 is 1.62 bits per heavy atom. The monoisotopic (exact) mass is 381 g/mol. The van der Waals surface area contributed by atoms with Crippen LogP contribution < -0.4 is 0 Å². The van der Waals surface area contributed by atoms with Gasteiger partial charge in [0.25, 0.3) is 0 Å². The van der Waals surface area contributed by atoms with Crippen molar-refractivity contribution in [2.45, 2.75) is 4.90 Å². The summed E-state index contributed by atoms with van der Waals surface area (Å²) in [6.07, 6.45) is 1.32. The number of rotatable bonds is 3. The predicted molar refractivity (Wildman–Crippen MR) is 86.7 cm³/mol. The summed E-state index contributed by atoms with van der Waals surface area (Å²) in [7, 11) is -3.25. The summed E-state index contributed by atoms with van der Waals surface area (Å²) in [5, 5.41) is 1.31. The smallest absolute Gasteiger partial charge is 0.225 e. The van der Waals surface area contributed by atoms with Gasteiger partial charge < -0.3 is 0 Å². The van der Waals surface area contributed by atoms with E-state index in [2.05, 4.69) is 9.97 Å². The molecule has 4 nitrogen and oxygen atoms in total. The van der Waals surface area contributed by atoms with Gasteiger partial charge in [-0.15, -0.1) is 0 Å². The Hall–Kier alpha value is -0.850. The van der Waals surface area contributed by atoms with Crippen molar-refractivity contribution in [2.75, 3.05) is 0 Å². The zero-order chi connectivity index (χ0) is 15.6. The number of benzene rings is 1. The molecule has 1 aromatic carbocycles. The number of halogens is 4. The van der Waals surface area contributed by atoms with E-state index < -0.39 is 9.73 Å². The molecular weight excluding hydrogens is 376 g/mol. The SMILES string of the molecule is N=S(=O)(/C=C/c1c(Cl)nc(Cl)nc1Cl)c1ccccc1Cl. The van der Waals surface area contributed by atoms with Crippen LogP contribution in [0, 0.1) is 4.78 Å². The molecule has 0 saturated heterocycles. The van der Waals surface area contributed by atoms with Crippen LogP contribution in [-0.2, 0) is 9.73 Å². The maximum Gasteiger partial charge on any atom is 0.225 e. The van der Waals surface area contributed by atoms with Crippen LogP contribution >= 0.6 is 46.4 Å². The van der Waals surface area contributed by atoms with Crippen molar-refractivity contribution >= 4 is 62.2 Å². The van der Waals surface area contributed by atoms with Crippen LogP contribution in [0.25, 0.3) is 6.08 Å². The highest BCUT2D eigenvalue weighted by Crippen LogP contribution is 2.27. The van der Waals surface area contributed by atoms with Crippen LogP contribution in [0.5, 0.6) is 0 Å². The largest absolute Gasteiger partial charge is 0.245 e. The van der Waals surface area contributed by atoms with E-state index in [1.165, 1.54) is 12.1 Å². The summed E-state index contributed by atoms with van der Waals surface area (Å²) in [5.41, 5.74) is 0.231. The van der Waals surface area contributed by atoms with Crippen LogP contribution in [0.15, 0.2) is 34.6 Å². The van der Waals surface area contributed by atoms with Gasteiger partial charge in [-0.2, -0.15) is 0 Å². The minimum atomic E-state index is -3.25. The predicted octanol–water partition coefficient (Wildman–Crippen LogP) is 5.17. The number of hydrogen-bond donors (Lipinski definition) is 1. The molecule has 0 aliphatic rings. The van der Waals surface area contributed by atoms with E-state index in [1.54, 1.807) is 18.2 Å². The molecule has 1 N–H and O–H groups in total. The molecule has 0 bridgehead atoms. The highest BCUT2D eigenvalue weighted by molar-refractivity contribution is 7.95. The van der Waals surface area contributed by atoms with Crippen molar-refractivity contribution in [3.05, 3.63) is 55.8 Å². The molecule has 0 saturated carbocycles. The van der Waals surface area contributed by atoms with E-state index in [1.807, 2.05) is 0 Å². The lowest BCUT2D eigenvalue weighted by Crippen LogP contribution is -1.96. The van der Waals surface area contributed by atoms with Gasteiger partial charge in [0, 0.05) is 5.41 Å². The third kappa shape index (κ3) is 3.87. The first-order valence-electron chi connectivity index (χ1n) is 5.41. The second-order valence-corrected chi connectivity index (χ2v) is 7.20. The minimum absolute atomic E-state index is 0.00519. The second kappa shape index (κ2) is 6.50. The van der Waals surface area contributed by atoms with E-state index >= 15 is 0 Å². The van der Waals surface area contributed by atoms with Gasteiger partial charge in [-0.1, -0.05) is 46.9 Å². The molecule has 0 aliphatic carbocycles. The van der Waals surface area contributed by atoms with Gasteiger partial charge in [-0.05, 0) is 29.8 Å². The van der Waals surface area contributed by atoms with Gasteiger partial charge in [-0.25, -0.2) is 19.0 Å². The van der Waals surface area contributed by atoms with Crippen molar-refractivity contribution in [2.24, 2.45) is 0 Å². The molecule has 110 valence electrons. The Bertz CT molecular complexity index is 798. The van der Waals surface area contributed by atoms with Crippen molar-refractivity contribution in [3.63, 3.8) is 0 Å². The summed E-state index contributed by atoms with van der Waals surface area (Å²) in [5.74, 6) is 0. The lowest BCUT2D eigenvalue weighted by Gasteiger charge is -2.05. The topological polar surface area (TPSA) is 66.7 Å². The van der Waals surface area contributed by atoms with E-state index in [9.17, 15) is 4.21 Å². The van der Waals surface area contributed by atoms with E-state index in [4.69, 9.17) is 51.2 Å². The molecule has 1 aromatic heterocycles. The molecule has 0 fully saturated rings. The zero-order valence-corrected chi connectivity index (χ0v) is 14.0. The van der Waals surface area contributed by atoms with Gasteiger partial charge in [0.2, 0.25) is 5.28 Å². The van der Waals surface area contributed by atoms with Gasteiger partial charge in [0.1, 0.15) is 10.3 Å². The lowest BCUT2D eigenvalue weighted by atomic mass is 10.3. The highest BCUT2D eigenvalue weighted by Gasteiger charge is 2.12. The Labute approximate surface area is 141 Å². The quantitative estimate of drug-likeness (QED) is 0.588. The Kier molecular flexibility index (Phi) is 5.11. The first-order valence-corrected chi connectivity index (χ1v) is 8.54. The fourth-order valence-electron chi connectivity index (χ4n) is 1.46. The minimum Gasteiger partial charge on any atom is -0.245 e. The molecule has 0 amide bonds. The number of nitrogens with zero attached hydrogens (tertiary/aromatic N) is 2. The van der Waals surface area contributed by atoms with E-state index in [-0.39, 0.29) is 31.1 Å². The van der Waals surface area contributed by atoms with Crippen LogP contribution in [0.2, 0.25) is 20.6 Å². The number of nitrogens with one attached hydrogen (secondary N) is 1. The summed E-state index contributed by atoms with van der Waals surface area (Å²) in [6, 6.07) is 6.41. The normalized spacial score (nSPS) is 14.3. The van der Waals surface area contributed by atoms with Gasteiger partial charge in [0.05, 0.1) is 25.2 Å². The van der Waals surface area contributed by atoms with Crippen LogP contribution in [0.4, 0.5) is 0 Å². The highest BCUT2D eigenvalue weighted by atomic mass is 35.5. The fraction of sp³-hybridized carbons (Fsp3) is 0. The third-order valence-corrected chi connectivity index (χ3v) is 5.13. The standard InChI is InChI=1S/C12H7Cl4N3OS/c13-8-3-1-2-4-9(8)21(17,20)6-5-7-10(14)18-12(16)19-11(7)15/h1-6,17H/b6-5+. The summed E-state index contributed by atoms with van der Waals surface area (Å²) in [4.78, 5) is 7.66. The molecule has 2 rings (SSSR count). The molecule has 0 aliphatic heterocycles. The van der Waals surface area contributed by atoms with Crippen molar-refractivity contribution < 1.29 is 4.21 Å². The second-order valence-electron chi connectivity index (χ2n) is 3.82. The van der Waals surface area contributed by atoms with Crippen LogP contribution in [-0.4, -0.2) is 14.2 Å². The first-order chi connectivity index (χ1) is 9.81. The summed E-state index contributed by atoms with van der Waals surface area (Å²) in [6.45, 7) is 0. The average Bonchev–Trinajstić information content (AvgIpc) is 2.37. The van der Waals surface area contributed by atoms with Gasteiger partial charge >= 0.3 is 0 Å². The van der Waals surface area contributed by atoms with Gasteiger partial charge in [0.15, 0.2) is 0 Å². The lowest BCUT2D eigenvalue weighted by molar-refractivity contribution is 0.681. The number of hydrogen-bond acceptors (Lipinski definition) is 4. The molecular formula is C12H7Cl4N3OS.